The maximum absolute atomic E-state index is 12.1. The van der Waals surface area contributed by atoms with E-state index in [1.807, 2.05) is 42.2 Å². The number of ether oxygens (including phenoxy) is 1. The van der Waals surface area contributed by atoms with Crippen molar-refractivity contribution in [3.8, 4) is 0 Å². The number of nitro groups is 1. The van der Waals surface area contributed by atoms with Crippen LogP contribution in [0.3, 0.4) is 0 Å². The first-order valence-electron chi connectivity index (χ1n) is 8.00. The highest BCUT2D eigenvalue weighted by molar-refractivity contribution is 6.33. The normalized spacial score (nSPS) is 14.3. The van der Waals surface area contributed by atoms with Gasteiger partial charge in [0.1, 0.15) is 5.02 Å². The lowest BCUT2D eigenvalue weighted by atomic mass is 9.97. The van der Waals surface area contributed by atoms with E-state index in [1.54, 1.807) is 12.1 Å². The van der Waals surface area contributed by atoms with Gasteiger partial charge in [0.25, 0.3) is 5.69 Å². The minimum absolute atomic E-state index is 0.0638. The number of methoxy groups -OCH3 is 1. The van der Waals surface area contributed by atoms with E-state index in [0.717, 1.165) is 11.3 Å². The molecule has 0 radical (unpaired) electrons. The molecule has 0 unspecified atom stereocenters. The molecule has 0 spiro atoms. The van der Waals surface area contributed by atoms with Gasteiger partial charge < -0.3 is 9.64 Å². The predicted molar refractivity (Wildman–Crippen MR) is 100 cm³/mol. The van der Waals surface area contributed by atoms with Crippen LogP contribution < -0.4 is 4.90 Å². The van der Waals surface area contributed by atoms with E-state index in [0.29, 0.717) is 17.7 Å². The van der Waals surface area contributed by atoms with E-state index in [9.17, 15) is 14.9 Å². The standard InChI is InChI=1S/C19H17ClN2O4/c1-12(13-6-4-3-5-7-13)21-11-15(19(23)26-2)8-14-9-18(22(24)25)16(20)10-17(14)21/h3-10,12H,11H2,1-2H3/t12-/m0/s1. The van der Waals surface area contributed by atoms with Gasteiger partial charge in [0.05, 0.1) is 30.2 Å². The number of benzene rings is 2. The molecule has 2 aromatic rings. The van der Waals surface area contributed by atoms with Crippen LogP contribution in [0, 0.1) is 10.1 Å². The molecule has 1 heterocycles. The number of hydrogen-bond donors (Lipinski definition) is 0. The molecule has 0 saturated heterocycles. The molecule has 0 amide bonds. The van der Waals surface area contributed by atoms with Crippen molar-refractivity contribution in [2.24, 2.45) is 0 Å². The summed E-state index contributed by atoms with van der Waals surface area (Å²) >= 11 is 6.12. The second-order valence-corrected chi connectivity index (χ2v) is 6.40. The van der Waals surface area contributed by atoms with E-state index in [-0.39, 0.29) is 16.8 Å². The summed E-state index contributed by atoms with van der Waals surface area (Å²) in [6, 6.07) is 12.7. The summed E-state index contributed by atoms with van der Waals surface area (Å²) in [7, 11) is 1.31. The molecule has 0 N–H and O–H groups in total. The molecule has 1 aliphatic rings. The highest BCUT2D eigenvalue weighted by atomic mass is 35.5. The Labute approximate surface area is 155 Å². The fourth-order valence-electron chi connectivity index (χ4n) is 3.09. The van der Waals surface area contributed by atoms with Crippen LogP contribution in [0.2, 0.25) is 5.02 Å². The molecule has 0 fully saturated rings. The van der Waals surface area contributed by atoms with Crippen LogP contribution >= 0.6 is 11.6 Å². The Morgan fingerprint density at radius 2 is 2.00 bits per heavy atom. The molecule has 6 nitrogen and oxygen atoms in total. The summed E-state index contributed by atoms with van der Waals surface area (Å²) in [5.41, 5.74) is 2.60. The lowest BCUT2D eigenvalue weighted by Gasteiger charge is -2.36. The number of nitrogens with zero attached hydrogens (tertiary/aromatic N) is 2. The van der Waals surface area contributed by atoms with E-state index >= 15 is 0 Å². The van der Waals surface area contributed by atoms with Crippen LogP contribution in [0.1, 0.15) is 24.1 Å². The lowest BCUT2D eigenvalue weighted by Crippen LogP contribution is -2.33. The highest BCUT2D eigenvalue weighted by Gasteiger charge is 2.29. The Bertz CT molecular complexity index is 896. The number of fused-ring (bicyclic) bond motifs is 1. The topological polar surface area (TPSA) is 72.7 Å². The molecular weight excluding hydrogens is 356 g/mol. The third kappa shape index (κ3) is 3.28. The summed E-state index contributed by atoms with van der Waals surface area (Å²) in [5, 5.41) is 11.3. The average molecular weight is 373 g/mol. The number of carbonyl (C=O) groups excluding carboxylic acids is 1. The van der Waals surface area contributed by atoms with Crippen molar-refractivity contribution in [1.82, 2.24) is 0 Å². The Morgan fingerprint density at radius 1 is 1.31 bits per heavy atom. The minimum atomic E-state index is -0.534. The van der Waals surface area contributed by atoms with E-state index < -0.39 is 10.9 Å². The molecule has 0 aromatic heterocycles. The number of rotatable bonds is 4. The largest absolute Gasteiger partial charge is 0.466 e. The maximum Gasteiger partial charge on any atom is 0.335 e. The van der Waals surface area contributed by atoms with Gasteiger partial charge in [-0.05, 0) is 24.6 Å². The second-order valence-electron chi connectivity index (χ2n) is 6.00. The van der Waals surface area contributed by atoms with Crippen LogP contribution in [0.4, 0.5) is 11.4 Å². The molecule has 2 aromatic carbocycles. The molecule has 0 saturated carbocycles. The van der Waals surface area contributed by atoms with Crippen LogP contribution in [-0.2, 0) is 9.53 Å². The summed E-state index contributed by atoms with van der Waals surface area (Å²) in [6.45, 7) is 2.33. The zero-order valence-corrected chi connectivity index (χ0v) is 15.1. The monoisotopic (exact) mass is 372 g/mol. The molecule has 1 atom stereocenters. The third-order valence-corrected chi connectivity index (χ3v) is 4.77. The smallest absolute Gasteiger partial charge is 0.335 e. The van der Waals surface area contributed by atoms with Gasteiger partial charge in [0.2, 0.25) is 0 Å². The minimum Gasteiger partial charge on any atom is -0.466 e. The number of esters is 1. The number of carbonyl (C=O) groups is 1. The predicted octanol–water partition coefficient (Wildman–Crippen LogP) is 4.39. The first-order valence-corrected chi connectivity index (χ1v) is 8.38. The van der Waals surface area contributed by atoms with Crippen LogP contribution in [0.5, 0.6) is 0 Å². The van der Waals surface area contributed by atoms with Crippen molar-refractivity contribution in [3.63, 3.8) is 0 Å². The van der Waals surface area contributed by atoms with Crippen molar-refractivity contribution >= 4 is 35.0 Å². The number of hydrogen-bond acceptors (Lipinski definition) is 5. The third-order valence-electron chi connectivity index (χ3n) is 4.47. The zero-order chi connectivity index (χ0) is 18.8. The van der Waals surface area contributed by atoms with Crippen molar-refractivity contribution in [1.29, 1.82) is 0 Å². The van der Waals surface area contributed by atoms with Crippen molar-refractivity contribution < 1.29 is 14.5 Å². The fraction of sp³-hybridized carbons (Fsp3) is 0.211. The van der Waals surface area contributed by atoms with Gasteiger partial charge in [-0.3, -0.25) is 10.1 Å². The average Bonchev–Trinajstić information content (AvgIpc) is 2.66. The van der Waals surface area contributed by atoms with Gasteiger partial charge in [-0.1, -0.05) is 41.9 Å². The quantitative estimate of drug-likeness (QED) is 0.452. The van der Waals surface area contributed by atoms with Crippen LogP contribution in [0.25, 0.3) is 6.08 Å². The van der Waals surface area contributed by atoms with Gasteiger partial charge in [-0.25, -0.2) is 4.79 Å². The van der Waals surface area contributed by atoms with Crippen LogP contribution in [0.15, 0.2) is 48.0 Å². The number of halogens is 1. The summed E-state index contributed by atoms with van der Waals surface area (Å²) in [6.07, 6.45) is 1.62. The van der Waals surface area contributed by atoms with Gasteiger partial charge in [-0.2, -0.15) is 0 Å². The molecule has 0 aliphatic carbocycles. The lowest BCUT2D eigenvalue weighted by molar-refractivity contribution is -0.384. The molecule has 26 heavy (non-hydrogen) atoms. The highest BCUT2D eigenvalue weighted by Crippen LogP contribution is 2.40. The molecule has 134 valence electrons. The van der Waals surface area contributed by atoms with Crippen molar-refractivity contribution in [2.75, 3.05) is 18.6 Å². The van der Waals surface area contributed by atoms with E-state index in [1.165, 1.54) is 13.2 Å². The Balaban J connectivity index is 2.13. The number of anilines is 1. The molecule has 0 bridgehead atoms. The Kier molecular flexibility index (Phi) is 4.95. The molecule has 1 aliphatic heterocycles. The molecule has 7 heteroatoms. The number of nitro benzene ring substituents is 1. The van der Waals surface area contributed by atoms with Crippen molar-refractivity contribution in [3.05, 3.63) is 74.3 Å². The van der Waals surface area contributed by atoms with Gasteiger partial charge >= 0.3 is 5.97 Å². The second kappa shape index (κ2) is 7.17. The van der Waals surface area contributed by atoms with Crippen LogP contribution in [-0.4, -0.2) is 24.5 Å². The van der Waals surface area contributed by atoms with Crippen molar-refractivity contribution in [2.45, 2.75) is 13.0 Å². The maximum atomic E-state index is 12.1. The molecule has 3 rings (SSSR count). The van der Waals surface area contributed by atoms with Gasteiger partial charge in [0, 0.05) is 17.3 Å². The summed E-state index contributed by atoms with van der Waals surface area (Å²) in [4.78, 5) is 24.8. The summed E-state index contributed by atoms with van der Waals surface area (Å²) < 4.78 is 4.85. The molecular formula is C19H17ClN2O4. The summed E-state index contributed by atoms with van der Waals surface area (Å²) in [5.74, 6) is -0.460. The van der Waals surface area contributed by atoms with E-state index in [4.69, 9.17) is 16.3 Å². The van der Waals surface area contributed by atoms with Gasteiger partial charge in [0.15, 0.2) is 0 Å². The Morgan fingerprint density at radius 3 is 2.62 bits per heavy atom. The Hall–Kier alpha value is -2.86. The zero-order valence-electron chi connectivity index (χ0n) is 14.3. The fourth-order valence-corrected chi connectivity index (χ4v) is 3.31. The first-order chi connectivity index (χ1) is 12.4. The van der Waals surface area contributed by atoms with E-state index in [2.05, 4.69) is 0 Å². The SMILES string of the molecule is COC(=O)C1=Cc2cc([N+](=O)[O-])c(Cl)cc2N([C@@H](C)c2ccccc2)C1. The first kappa shape index (κ1) is 17.9. The van der Waals surface area contributed by atoms with Gasteiger partial charge in [-0.15, -0.1) is 0 Å².